The lowest BCUT2D eigenvalue weighted by Gasteiger charge is -2.31. The van der Waals surface area contributed by atoms with Crippen LogP contribution in [0.25, 0.3) is 44.5 Å². The smallest absolute Gasteiger partial charge is 0.0738 e. The van der Waals surface area contributed by atoms with Gasteiger partial charge in [0, 0.05) is 22.4 Å². The van der Waals surface area contributed by atoms with Crippen molar-refractivity contribution in [3.05, 3.63) is 181 Å². The van der Waals surface area contributed by atoms with Crippen molar-refractivity contribution < 1.29 is 0 Å². The normalized spacial score (nSPS) is 11.0. The van der Waals surface area contributed by atoms with E-state index >= 15 is 0 Å². The topological polar surface area (TPSA) is 8.17 Å². The summed E-state index contributed by atoms with van der Waals surface area (Å²) in [5.41, 5.74) is 14.3. The van der Waals surface area contributed by atoms with E-state index < -0.39 is 0 Å². The minimum absolute atomic E-state index is 1.12. The Balaban J connectivity index is 1.46. The van der Waals surface area contributed by atoms with Crippen LogP contribution in [0.4, 0.5) is 11.4 Å². The summed E-state index contributed by atoms with van der Waals surface area (Å²) in [6, 6.07) is 58.6. The lowest BCUT2D eigenvalue weighted by atomic mass is 10.0. The molecule has 218 valence electrons. The Labute approximate surface area is 266 Å². The number of para-hydroxylation sites is 2. The van der Waals surface area contributed by atoms with Crippen molar-refractivity contribution in [3.8, 4) is 27.9 Å². The number of anilines is 2. The SMILES string of the molecule is CC(C)=C(c1c(C)c2ccccc2n1-c1cccc(-c2ccccc2)c1)N(c1ccccc1)c1ccc(-c2ccccc2)cc1. The minimum atomic E-state index is 1.12. The molecule has 0 aliphatic rings. The van der Waals surface area contributed by atoms with E-state index in [0.717, 1.165) is 17.1 Å². The maximum atomic E-state index is 2.45. The van der Waals surface area contributed by atoms with E-state index in [1.54, 1.807) is 0 Å². The van der Waals surface area contributed by atoms with Gasteiger partial charge in [0.15, 0.2) is 0 Å². The molecular formula is C43H36N2. The van der Waals surface area contributed by atoms with Gasteiger partial charge in [-0.1, -0.05) is 127 Å². The number of aryl methyl sites for hydroxylation is 1. The maximum Gasteiger partial charge on any atom is 0.0738 e. The molecule has 0 bridgehead atoms. The first-order chi connectivity index (χ1) is 22.1. The number of aromatic nitrogens is 1. The molecule has 0 radical (unpaired) electrons. The molecule has 0 aliphatic carbocycles. The van der Waals surface area contributed by atoms with E-state index in [4.69, 9.17) is 0 Å². The number of hydrogen-bond acceptors (Lipinski definition) is 1. The summed E-state index contributed by atoms with van der Waals surface area (Å²) in [6.45, 7) is 6.72. The maximum absolute atomic E-state index is 2.45. The molecule has 6 aromatic carbocycles. The van der Waals surface area contributed by atoms with Gasteiger partial charge in [-0.05, 0) is 91.1 Å². The third kappa shape index (κ3) is 5.36. The van der Waals surface area contributed by atoms with Crippen molar-refractivity contribution in [3.63, 3.8) is 0 Å². The highest BCUT2D eigenvalue weighted by Crippen LogP contribution is 2.42. The number of hydrogen-bond donors (Lipinski definition) is 0. The minimum Gasteiger partial charge on any atom is -0.308 e. The van der Waals surface area contributed by atoms with Crippen LogP contribution in [-0.2, 0) is 0 Å². The lowest BCUT2D eigenvalue weighted by molar-refractivity contribution is 1.06. The molecule has 0 saturated heterocycles. The largest absolute Gasteiger partial charge is 0.308 e. The third-order valence-corrected chi connectivity index (χ3v) is 8.51. The van der Waals surface area contributed by atoms with Crippen molar-refractivity contribution in [1.29, 1.82) is 0 Å². The molecule has 0 saturated carbocycles. The van der Waals surface area contributed by atoms with E-state index in [0.29, 0.717) is 0 Å². The van der Waals surface area contributed by atoms with Gasteiger partial charge in [-0.25, -0.2) is 0 Å². The van der Waals surface area contributed by atoms with E-state index in [9.17, 15) is 0 Å². The van der Waals surface area contributed by atoms with Crippen LogP contribution in [-0.4, -0.2) is 4.57 Å². The number of benzene rings is 6. The Kier molecular flexibility index (Phi) is 7.63. The molecule has 1 heterocycles. The van der Waals surface area contributed by atoms with Crippen LogP contribution in [0.3, 0.4) is 0 Å². The molecule has 7 rings (SSSR count). The van der Waals surface area contributed by atoms with Gasteiger partial charge in [0.05, 0.1) is 16.9 Å². The second-order valence-corrected chi connectivity index (χ2v) is 11.7. The van der Waals surface area contributed by atoms with Crippen LogP contribution in [0, 0.1) is 6.92 Å². The molecule has 1 aromatic heterocycles. The number of allylic oxidation sites excluding steroid dienone is 1. The molecule has 0 N–H and O–H groups in total. The average Bonchev–Trinajstić information content (AvgIpc) is 3.39. The Hall–Kier alpha value is -5.60. The molecule has 0 spiro atoms. The first-order valence-corrected chi connectivity index (χ1v) is 15.5. The highest BCUT2D eigenvalue weighted by atomic mass is 15.2. The first-order valence-electron chi connectivity index (χ1n) is 15.5. The summed E-state index contributed by atoms with van der Waals surface area (Å²) >= 11 is 0. The second-order valence-electron chi connectivity index (χ2n) is 11.7. The number of rotatable bonds is 7. The number of fused-ring (bicyclic) bond motifs is 1. The summed E-state index contributed by atoms with van der Waals surface area (Å²) in [5, 5.41) is 1.25. The number of nitrogens with zero attached hydrogens (tertiary/aromatic N) is 2. The summed E-state index contributed by atoms with van der Waals surface area (Å²) < 4.78 is 2.45. The standard InChI is InChI=1S/C43H36N2/c1-31(2)42(44(37-21-11-6-12-22-37)38-28-26-35(27-29-38)33-16-7-4-8-17-33)43-32(3)40-24-13-14-25-41(40)45(43)39-23-15-20-36(30-39)34-18-9-5-10-19-34/h4-30H,1-3H3. The highest BCUT2D eigenvalue weighted by molar-refractivity contribution is 5.97. The van der Waals surface area contributed by atoms with Crippen molar-refractivity contribution in [2.45, 2.75) is 20.8 Å². The van der Waals surface area contributed by atoms with Crippen molar-refractivity contribution in [2.24, 2.45) is 0 Å². The monoisotopic (exact) mass is 580 g/mol. The Morgan fingerprint density at radius 1 is 0.489 bits per heavy atom. The van der Waals surface area contributed by atoms with Gasteiger partial charge >= 0.3 is 0 Å². The molecule has 2 heteroatoms. The van der Waals surface area contributed by atoms with Crippen molar-refractivity contribution in [1.82, 2.24) is 4.57 Å². The van der Waals surface area contributed by atoms with Gasteiger partial charge in [-0.15, -0.1) is 0 Å². The predicted octanol–water partition coefficient (Wildman–Crippen LogP) is 11.9. The quantitative estimate of drug-likeness (QED) is 0.182. The molecule has 2 nitrogen and oxygen atoms in total. The highest BCUT2D eigenvalue weighted by Gasteiger charge is 2.26. The molecular weight excluding hydrogens is 544 g/mol. The van der Waals surface area contributed by atoms with Crippen LogP contribution in [0.1, 0.15) is 25.1 Å². The first kappa shape index (κ1) is 28.2. The molecule has 0 aliphatic heterocycles. The van der Waals surface area contributed by atoms with E-state index in [2.05, 4.69) is 194 Å². The molecule has 45 heavy (non-hydrogen) atoms. The zero-order valence-electron chi connectivity index (χ0n) is 26.0. The van der Waals surface area contributed by atoms with Gasteiger partial charge < -0.3 is 9.47 Å². The van der Waals surface area contributed by atoms with Crippen LogP contribution < -0.4 is 4.90 Å². The zero-order valence-corrected chi connectivity index (χ0v) is 26.0. The summed E-state index contributed by atoms with van der Waals surface area (Å²) in [6.07, 6.45) is 0. The van der Waals surface area contributed by atoms with Crippen LogP contribution >= 0.6 is 0 Å². The fraction of sp³-hybridized carbons (Fsp3) is 0.0698. The van der Waals surface area contributed by atoms with Crippen LogP contribution in [0.15, 0.2) is 169 Å². The van der Waals surface area contributed by atoms with Crippen LogP contribution in [0.2, 0.25) is 0 Å². The molecule has 0 unspecified atom stereocenters. The van der Waals surface area contributed by atoms with Gasteiger partial charge in [0.2, 0.25) is 0 Å². The molecule has 0 fully saturated rings. The lowest BCUT2D eigenvalue weighted by Crippen LogP contribution is -2.19. The van der Waals surface area contributed by atoms with Crippen molar-refractivity contribution in [2.75, 3.05) is 4.90 Å². The zero-order chi connectivity index (χ0) is 30.8. The Morgan fingerprint density at radius 3 is 1.64 bits per heavy atom. The average molecular weight is 581 g/mol. The van der Waals surface area contributed by atoms with Gasteiger partial charge in [-0.2, -0.15) is 0 Å². The van der Waals surface area contributed by atoms with E-state index in [1.807, 2.05) is 0 Å². The summed E-state index contributed by atoms with van der Waals surface area (Å²) in [4.78, 5) is 2.42. The Morgan fingerprint density at radius 2 is 1.00 bits per heavy atom. The van der Waals surface area contributed by atoms with E-state index in [-0.39, 0.29) is 0 Å². The summed E-state index contributed by atoms with van der Waals surface area (Å²) in [5.74, 6) is 0. The fourth-order valence-electron chi connectivity index (χ4n) is 6.39. The fourth-order valence-corrected chi connectivity index (χ4v) is 6.39. The molecule has 7 aromatic rings. The van der Waals surface area contributed by atoms with Gasteiger partial charge in [0.25, 0.3) is 0 Å². The second kappa shape index (κ2) is 12.2. The summed E-state index contributed by atoms with van der Waals surface area (Å²) in [7, 11) is 0. The van der Waals surface area contributed by atoms with Gasteiger partial charge in [-0.3, -0.25) is 0 Å². The molecule has 0 amide bonds. The van der Waals surface area contributed by atoms with Crippen molar-refractivity contribution >= 4 is 28.0 Å². The third-order valence-electron chi connectivity index (χ3n) is 8.51. The Bertz CT molecular complexity index is 2100. The molecule has 0 atom stereocenters. The predicted molar refractivity (Wildman–Crippen MR) is 192 cm³/mol. The van der Waals surface area contributed by atoms with Crippen LogP contribution in [0.5, 0.6) is 0 Å². The van der Waals surface area contributed by atoms with Gasteiger partial charge in [0.1, 0.15) is 0 Å². The van der Waals surface area contributed by atoms with E-state index in [1.165, 1.54) is 55.7 Å².